The standard InChI is InChI=1S/C15H24ClN3O3S2/c1-12-9-19(10-13(2)22-12)24(20,21)18-7-5-17(6-8-18)11-14-3-4-15(16)23-14/h3-4,12-13H,5-11H2,1-2H3. The lowest BCUT2D eigenvalue weighted by molar-refractivity contribution is -0.0457. The molecule has 2 fully saturated rings. The molecule has 3 rings (SSSR count). The highest BCUT2D eigenvalue weighted by Crippen LogP contribution is 2.24. The van der Waals surface area contributed by atoms with Crippen molar-refractivity contribution in [2.75, 3.05) is 39.3 Å². The maximum absolute atomic E-state index is 12.9. The van der Waals surface area contributed by atoms with Crippen LogP contribution in [0.3, 0.4) is 0 Å². The molecule has 2 aliphatic rings. The molecule has 0 N–H and O–H groups in total. The summed E-state index contributed by atoms with van der Waals surface area (Å²) in [6.07, 6.45) is -0.123. The Labute approximate surface area is 153 Å². The quantitative estimate of drug-likeness (QED) is 0.783. The van der Waals surface area contributed by atoms with E-state index in [0.717, 1.165) is 24.0 Å². The second kappa shape index (κ2) is 7.57. The van der Waals surface area contributed by atoms with Crippen molar-refractivity contribution < 1.29 is 13.2 Å². The molecule has 136 valence electrons. The van der Waals surface area contributed by atoms with E-state index in [1.165, 1.54) is 4.88 Å². The number of halogens is 1. The summed E-state index contributed by atoms with van der Waals surface area (Å²) in [7, 11) is -3.40. The monoisotopic (exact) mass is 393 g/mol. The van der Waals surface area contributed by atoms with Gasteiger partial charge in [0.15, 0.2) is 0 Å². The van der Waals surface area contributed by atoms with E-state index in [9.17, 15) is 8.42 Å². The number of hydrogen-bond donors (Lipinski definition) is 0. The Bertz CT molecular complexity index is 649. The first-order valence-corrected chi connectivity index (χ1v) is 10.8. The van der Waals surface area contributed by atoms with Crippen LogP contribution in [0.25, 0.3) is 0 Å². The molecule has 3 heterocycles. The number of rotatable bonds is 4. The van der Waals surface area contributed by atoms with Crippen molar-refractivity contribution in [1.29, 1.82) is 0 Å². The highest BCUT2D eigenvalue weighted by Gasteiger charge is 2.36. The van der Waals surface area contributed by atoms with Gasteiger partial charge in [0.05, 0.1) is 16.5 Å². The minimum atomic E-state index is -3.40. The van der Waals surface area contributed by atoms with E-state index in [4.69, 9.17) is 16.3 Å². The fourth-order valence-electron chi connectivity index (χ4n) is 3.26. The molecule has 0 saturated carbocycles. The zero-order chi connectivity index (χ0) is 17.3. The van der Waals surface area contributed by atoms with Crippen LogP contribution in [0, 0.1) is 0 Å². The summed E-state index contributed by atoms with van der Waals surface area (Å²) in [6.45, 7) is 8.07. The predicted octanol–water partition coefficient (Wildman–Crippen LogP) is 1.87. The van der Waals surface area contributed by atoms with E-state index in [2.05, 4.69) is 4.90 Å². The van der Waals surface area contributed by atoms with Crippen LogP contribution >= 0.6 is 22.9 Å². The Morgan fingerprint density at radius 2 is 1.75 bits per heavy atom. The predicted molar refractivity (Wildman–Crippen MR) is 96.7 cm³/mol. The molecule has 2 unspecified atom stereocenters. The van der Waals surface area contributed by atoms with Gasteiger partial charge in [0.2, 0.25) is 0 Å². The highest BCUT2D eigenvalue weighted by molar-refractivity contribution is 7.86. The number of ether oxygens (including phenoxy) is 1. The molecule has 2 saturated heterocycles. The average molecular weight is 394 g/mol. The zero-order valence-corrected chi connectivity index (χ0v) is 16.4. The fourth-order valence-corrected chi connectivity index (χ4v) is 6.14. The van der Waals surface area contributed by atoms with E-state index >= 15 is 0 Å². The van der Waals surface area contributed by atoms with Crippen molar-refractivity contribution in [3.63, 3.8) is 0 Å². The van der Waals surface area contributed by atoms with E-state index in [-0.39, 0.29) is 12.2 Å². The lowest BCUT2D eigenvalue weighted by Gasteiger charge is -2.40. The van der Waals surface area contributed by atoms with Crippen LogP contribution in [0.1, 0.15) is 18.7 Å². The Morgan fingerprint density at radius 3 is 2.29 bits per heavy atom. The fraction of sp³-hybridized carbons (Fsp3) is 0.733. The number of thiophene rings is 1. The number of piperazine rings is 1. The largest absolute Gasteiger partial charge is 0.373 e. The summed E-state index contributed by atoms with van der Waals surface area (Å²) in [5.74, 6) is 0. The number of hydrogen-bond acceptors (Lipinski definition) is 5. The first-order chi connectivity index (χ1) is 11.3. The first-order valence-electron chi connectivity index (χ1n) is 8.22. The Hall–Kier alpha value is -0.220. The van der Waals surface area contributed by atoms with Gasteiger partial charge >= 0.3 is 0 Å². The molecule has 2 atom stereocenters. The van der Waals surface area contributed by atoms with Crippen LogP contribution in [0.4, 0.5) is 0 Å². The molecule has 1 aromatic heterocycles. The average Bonchev–Trinajstić information content (AvgIpc) is 2.92. The number of morpholine rings is 1. The second-order valence-electron chi connectivity index (χ2n) is 6.46. The van der Waals surface area contributed by atoms with Gasteiger partial charge in [-0.05, 0) is 26.0 Å². The topological polar surface area (TPSA) is 53.1 Å². The van der Waals surface area contributed by atoms with Crippen LogP contribution in [-0.4, -0.2) is 73.4 Å². The summed E-state index contributed by atoms with van der Waals surface area (Å²) in [6, 6.07) is 3.94. The van der Waals surface area contributed by atoms with Gasteiger partial charge in [0.1, 0.15) is 0 Å². The van der Waals surface area contributed by atoms with Gasteiger partial charge in [-0.15, -0.1) is 11.3 Å². The van der Waals surface area contributed by atoms with Gasteiger partial charge in [0.25, 0.3) is 10.2 Å². The maximum Gasteiger partial charge on any atom is 0.282 e. The molecule has 9 heteroatoms. The van der Waals surface area contributed by atoms with E-state index in [1.54, 1.807) is 19.9 Å². The third-order valence-electron chi connectivity index (χ3n) is 4.38. The van der Waals surface area contributed by atoms with Gasteiger partial charge in [-0.1, -0.05) is 11.6 Å². The van der Waals surface area contributed by atoms with Gasteiger partial charge in [-0.25, -0.2) is 0 Å². The van der Waals surface area contributed by atoms with E-state index in [1.807, 2.05) is 26.0 Å². The number of nitrogens with zero attached hydrogens (tertiary/aromatic N) is 3. The summed E-state index contributed by atoms with van der Waals surface area (Å²) in [4.78, 5) is 3.49. The van der Waals surface area contributed by atoms with Gasteiger partial charge in [-0.2, -0.15) is 17.0 Å². The van der Waals surface area contributed by atoms with E-state index in [0.29, 0.717) is 26.2 Å². The van der Waals surface area contributed by atoms with Crippen molar-refractivity contribution in [2.45, 2.75) is 32.6 Å². The van der Waals surface area contributed by atoms with Crippen LogP contribution < -0.4 is 0 Å². The third kappa shape index (κ3) is 4.30. The van der Waals surface area contributed by atoms with Crippen LogP contribution in [0.5, 0.6) is 0 Å². The lowest BCUT2D eigenvalue weighted by Crippen LogP contribution is -2.56. The molecular weight excluding hydrogens is 370 g/mol. The van der Waals surface area contributed by atoms with Crippen molar-refractivity contribution in [1.82, 2.24) is 13.5 Å². The highest BCUT2D eigenvalue weighted by atomic mass is 35.5. The molecule has 0 aliphatic carbocycles. The molecule has 24 heavy (non-hydrogen) atoms. The maximum atomic E-state index is 12.9. The smallest absolute Gasteiger partial charge is 0.282 e. The Morgan fingerprint density at radius 1 is 1.12 bits per heavy atom. The Kier molecular flexibility index (Phi) is 5.86. The van der Waals surface area contributed by atoms with Crippen LogP contribution in [0.15, 0.2) is 12.1 Å². The van der Waals surface area contributed by atoms with Crippen molar-refractivity contribution in [3.05, 3.63) is 21.3 Å². The molecule has 0 aromatic carbocycles. The molecule has 1 aromatic rings. The summed E-state index contributed by atoms with van der Waals surface area (Å²) < 4.78 is 35.3. The summed E-state index contributed by atoms with van der Waals surface area (Å²) in [5.41, 5.74) is 0. The third-order valence-corrected chi connectivity index (χ3v) is 7.56. The van der Waals surface area contributed by atoms with Crippen molar-refractivity contribution >= 4 is 33.1 Å². The van der Waals surface area contributed by atoms with Gasteiger partial charge in [0, 0.05) is 50.7 Å². The minimum absolute atomic E-state index is 0.0617. The summed E-state index contributed by atoms with van der Waals surface area (Å²) >= 11 is 7.55. The molecule has 0 amide bonds. The molecule has 2 aliphatic heterocycles. The molecular formula is C15H24ClN3O3S2. The van der Waals surface area contributed by atoms with Gasteiger partial charge < -0.3 is 4.74 Å². The van der Waals surface area contributed by atoms with Crippen LogP contribution in [0.2, 0.25) is 4.34 Å². The summed E-state index contributed by atoms with van der Waals surface area (Å²) in [5, 5.41) is 0. The van der Waals surface area contributed by atoms with Crippen molar-refractivity contribution in [3.8, 4) is 0 Å². The molecule has 0 bridgehead atoms. The first kappa shape index (κ1) is 18.6. The molecule has 6 nitrogen and oxygen atoms in total. The van der Waals surface area contributed by atoms with Crippen LogP contribution in [-0.2, 0) is 21.5 Å². The molecule has 0 spiro atoms. The minimum Gasteiger partial charge on any atom is -0.373 e. The van der Waals surface area contributed by atoms with Crippen molar-refractivity contribution in [2.24, 2.45) is 0 Å². The zero-order valence-electron chi connectivity index (χ0n) is 14.0. The Balaban J connectivity index is 1.57. The molecule has 0 radical (unpaired) electrons. The second-order valence-corrected chi connectivity index (χ2v) is 10.2. The van der Waals surface area contributed by atoms with Gasteiger partial charge in [-0.3, -0.25) is 4.90 Å². The SMILES string of the molecule is CC1CN(S(=O)(=O)N2CCN(Cc3ccc(Cl)s3)CC2)CC(C)O1. The van der Waals surface area contributed by atoms with E-state index < -0.39 is 10.2 Å². The normalized spacial score (nSPS) is 28.3. The lowest BCUT2D eigenvalue weighted by atomic mass is 10.3.